The summed E-state index contributed by atoms with van der Waals surface area (Å²) >= 11 is 0. The van der Waals surface area contributed by atoms with Gasteiger partial charge in [0, 0.05) is 0 Å². The van der Waals surface area contributed by atoms with Crippen molar-refractivity contribution in [3.63, 3.8) is 0 Å². The highest BCUT2D eigenvalue weighted by Gasteiger charge is 2.59. The van der Waals surface area contributed by atoms with E-state index in [1.165, 1.54) is 7.11 Å². The van der Waals surface area contributed by atoms with Crippen LogP contribution in [-0.4, -0.2) is 27.5 Å². The zero-order chi connectivity index (χ0) is 10.3. The standard InChI is InChI=1S/C9H18O3Si/c1-9(8(10)11-2)6-7(9)12-13(3,4)5/h7H,6H2,1-5H3. The fourth-order valence-corrected chi connectivity index (χ4v) is 2.57. The SMILES string of the molecule is COC(=O)C1(C)CC1O[Si](C)(C)C. The molecule has 1 fully saturated rings. The molecule has 1 aliphatic rings. The number of carbonyl (C=O) groups excluding carboxylic acids is 1. The van der Waals surface area contributed by atoms with Gasteiger partial charge in [0.1, 0.15) is 0 Å². The summed E-state index contributed by atoms with van der Waals surface area (Å²) < 4.78 is 10.5. The summed E-state index contributed by atoms with van der Waals surface area (Å²) in [6.45, 7) is 8.29. The lowest BCUT2D eigenvalue weighted by Gasteiger charge is -2.19. The molecule has 1 saturated carbocycles. The van der Waals surface area contributed by atoms with E-state index >= 15 is 0 Å². The lowest BCUT2D eigenvalue weighted by Crippen LogP contribution is -2.30. The smallest absolute Gasteiger partial charge is 0.314 e. The first-order valence-corrected chi connectivity index (χ1v) is 7.97. The molecule has 0 spiro atoms. The Labute approximate surface area is 80.5 Å². The number of carbonyl (C=O) groups is 1. The largest absolute Gasteiger partial charge is 0.469 e. The number of hydrogen-bond acceptors (Lipinski definition) is 3. The highest BCUT2D eigenvalue weighted by atomic mass is 28.4. The number of ether oxygens (including phenoxy) is 1. The van der Waals surface area contributed by atoms with Crippen molar-refractivity contribution in [1.29, 1.82) is 0 Å². The molecule has 0 radical (unpaired) electrons. The zero-order valence-electron chi connectivity index (χ0n) is 9.01. The summed E-state index contributed by atoms with van der Waals surface area (Å²) in [5.74, 6) is -0.143. The van der Waals surface area contributed by atoms with Crippen molar-refractivity contribution in [2.24, 2.45) is 5.41 Å². The van der Waals surface area contributed by atoms with Gasteiger partial charge >= 0.3 is 5.97 Å². The van der Waals surface area contributed by atoms with Crippen molar-refractivity contribution in [2.75, 3.05) is 7.11 Å². The van der Waals surface area contributed by atoms with E-state index in [9.17, 15) is 4.79 Å². The molecule has 2 atom stereocenters. The van der Waals surface area contributed by atoms with Gasteiger partial charge < -0.3 is 9.16 Å². The normalized spacial score (nSPS) is 32.8. The van der Waals surface area contributed by atoms with E-state index in [-0.39, 0.29) is 17.5 Å². The maximum atomic E-state index is 11.3. The van der Waals surface area contributed by atoms with E-state index in [2.05, 4.69) is 19.6 Å². The fourth-order valence-electron chi connectivity index (χ4n) is 1.37. The second-order valence-electron chi connectivity index (χ2n) is 4.83. The Hall–Kier alpha value is -0.353. The Morgan fingerprint density at radius 3 is 2.38 bits per heavy atom. The molecule has 0 amide bonds. The van der Waals surface area contributed by atoms with Crippen LogP contribution in [-0.2, 0) is 14.0 Å². The number of hydrogen-bond donors (Lipinski definition) is 0. The van der Waals surface area contributed by atoms with Crippen LogP contribution < -0.4 is 0 Å². The highest BCUT2D eigenvalue weighted by Crippen LogP contribution is 2.49. The van der Waals surface area contributed by atoms with E-state index in [4.69, 9.17) is 9.16 Å². The predicted octanol–water partition coefficient (Wildman–Crippen LogP) is 1.79. The predicted molar refractivity (Wildman–Crippen MR) is 53.0 cm³/mol. The third kappa shape index (κ3) is 2.31. The van der Waals surface area contributed by atoms with Crippen LogP contribution >= 0.6 is 0 Å². The minimum Gasteiger partial charge on any atom is -0.469 e. The zero-order valence-corrected chi connectivity index (χ0v) is 10.0. The van der Waals surface area contributed by atoms with Crippen LogP contribution in [0.4, 0.5) is 0 Å². The van der Waals surface area contributed by atoms with E-state index in [0.29, 0.717) is 0 Å². The third-order valence-corrected chi connectivity index (χ3v) is 3.30. The molecule has 3 nitrogen and oxygen atoms in total. The first kappa shape index (κ1) is 10.7. The molecule has 0 heterocycles. The molecular weight excluding hydrogens is 184 g/mol. The lowest BCUT2D eigenvalue weighted by atomic mass is 10.1. The second-order valence-corrected chi connectivity index (χ2v) is 9.29. The molecule has 0 aromatic carbocycles. The molecule has 0 aliphatic heterocycles. The molecule has 2 unspecified atom stereocenters. The number of methoxy groups -OCH3 is 1. The maximum Gasteiger partial charge on any atom is 0.314 e. The van der Waals surface area contributed by atoms with Gasteiger partial charge in [0.25, 0.3) is 0 Å². The molecule has 1 aliphatic carbocycles. The van der Waals surface area contributed by atoms with E-state index in [1.54, 1.807) is 0 Å². The first-order valence-electron chi connectivity index (χ1n) is 4.56. The summed E-state index contributed by atoms with van der Waals surface area (Å²) in [5.41, 5.74) is -0.366. The summed E-state index contributed by atoms with van der Waals surface area (Å²) in [4.78, 5) is 11.3. The molecule has 1 rings (SSSR count). The molecule has 13 heavy (non-hydrogen) atoms. The summed E-state index contributed by atoms with van der Waals surface area (Å²) in [5, 5.41) is 0. The van der Waals surface area contributed by atoms with Crippen LogP contribution in [0.15, 0.2) is 0 Å². The van der Waals surface area contributed by atoms with Crippen LogP contribution in [0.1, 0.15) is 13.3 Å². The average Bonchev–Trinajstić information content (AvgIpc) is 2.58. The van der Waals surface area contributed by atoms with Gasteiger partial charge in [-0.1, -0.05) is 0 Å². The Kier molecular flexibility index (Phi) is 2.56. The van der Waals surface area contributed by atoms with E-state index in [1.807, 2.05) is 6.92 Å². The van der Waals surface area contributed by atoms with Gasteiger partial charge in [-0.3, -0.25) is 4.79 Å². The second kappa shape index (κ2) is 3.10. The van der Waals surface area contributed by atoms with Crippen LogP contribution in [0.25, 0.3) is 0 Å². The van der Waals surface area contributed by atoms with Crippen molar-refractivity contribution in [3.8, 4) is 0 Å². The lowest BCUT2D eigenvalue weighted by molar-refractivity contribution is -0.147. The van der Waals surface area contributed by atoms with E-state index in [0.717, 1.165) is 6.42 Å². The van der Waals surface area contributed by atoms with Crippen molar-refractivity contribution in [3.05, 3.63) is 0 Å². The summed E-state index contributed by atoms with van der Waals surface area (Å²) in [6, 6.07) is 0. The van der Waals surface area contributed by atoms with E-state index < -0.39 is 8.32 Å². The molecule has 0 saturated heterocycles. The van der Waals surface area contributed by atoms with Gasteiger partial charge in [-0.2, -0.15) is 0 Å². The Morgan fingerprint density at radius 2 is 2.00 bits per heavy atom. The van der Waals surface area contributed by atoms with Gasteiger partial charge in [-0.05, 0) is 33.0 Å². The third-order valence-electron chi connectivity index (χ3n) is 2.31. The average molecular weight is 202 g/mol. The summed E-state index contributed by atoms with van der Waals surface area (Å²) in [7, 11) is -0.0850. The fraction of sp³-hybridized carbons (Fsp3) is 0.889. The molecule has 0 N–H and O–H groups in total. The molecule has 0 aromatic rings. The Bertz CT molecular complexity index is 221. The Morgan fingerprint density at radius 1 is 1.46 bits per heavy atom. The van der Waals surface area contributed by atoms with Crippen LogP contribution in [0.3, 0.4) is 0 Å². The van der Waals surface area contributed by atoms with Crippen molar-refractivity contribution >= 4 is 14.3 Å². The van der Waals surface area contributed by atoms with Gasteiger partial charge in [0.05, 0.1) is 18.6 Å². The minimum atomic E-state index is -1.51. The monoisotopic (exact) mass is 202 g/mol. The molecule has 4 heteroatoms. The first-order chi connectivity index (χ1) is 5.79. The molecule has 0 bridgehead atoms. The minimum absolute atomic E-state index is 0.0895. The molecule has 0 aromatic heterocycles. The highest BCUT2D eigenvalue weighted by molar-refractivity contribution is 6.69. The van der Waals surface area contributed by atoms with Gasteiger partial charge in [0.15, 0.2) is 8.32 Å². The number of esters is 1. The van der Waals surface area contributed by atoms with Crippen LogP contribution in [0, 0.1) is 5.41 Å². The van der Waals surface area contributed by atoms with Gasteiger partial charge in [0.2, 0.25) is 0 Å². The summed E-state index contributed by atoms with van der Waals surface area (Å²) in [6.07, 6.45) is 0.899. The van der Waals surface area contributed by atoms with Crippen molar-refractivity contribution in [2.45, 2.75) is 39.1 Å². The van der Waals surface area contributed by atoms with Crippen LogP contribution in [0.2, 0.25) is 19.6 Å². The van der Waals surface area contributed by atoms with Gasteiger partial charge in [-0.25, -0.2) is 0 Å². The van der Waals surface area contributed by atoms with Gasteiger partial charge in [-0.15, -0.1) is 0 Å². The number of rotatable bonds is 3. The van der Waals surface area contributed by atoms with Crippen LogP contribution in [0.5, 0.6) is 0 Å². The van der Waals surface area contributed by atoms with Crippen molar-refractivity contribution < 1.29 is 14.0 Å². The van der Waals surface area contributed by atoms with Crippen molar-refractivity contribution in [1.82, 2.24) is 0 Å². The Balaban J connectivity index is 2.49. The molecule has 76 valence electrons. The molecular formula is C9H18O3Si. The quantitative estimate of drug-likeness (QED) is 0.517. The maximum absolute atomic E-state index is 11.3. The topological polar surface area (TPSA) is 35.5 Å².